The van der Waals surface area contributed by atoms with Gasteiger partial charge in [0.2, 0.25) is 0 Å². The molecule has 0 aliphatic heterocycles. The average Bonchev–Trinajstić information content (AvgIpc) is 2.63. The first-order valence-electron chi connectivity index (χ1n) is 12.0. The molecular formula is C24H54NNaO. The Morgan fingerprint density at radius 3 is 0.889 bits per heavy atom. The largest absolute Gasteiger partial charge is 1.00 e. The summed E-state index contributed by atoms with van der Waals surface area (Å²) in [5, 5.41) is 0. The molecule has 0 unspecified atom stereocenters. The van der Waals surface area contributed by atoms with Crippen molar-refractivity contribution < 1.29 is 35.7 Å². The molecule has 0 rings (SSSR count). The van der Waals surface area contributed by atoms with E-state index in [0.29, 0.717) is 0 Å². The van der Waals surface area contributed by atoms with Crippen molar-refractivity contribution in [3.05, 3.63) is 0 Å². The maximum atomic E-state index is 5.78. The number of hydrogen-bond donors (Lipinski definition) is 1. The van der Waals surface area contributed by atoms with Gasteiger partial charge in [0.15, 0.2) is 0 Å². The summed E-state index contributed by atoms with van der Waals surface area (Å²) in [6.45, 7) is 6.57. The van der Waals surface area contributed by atoms with Crippen molar-refractivity contribution in [1.29, 1.82) is 0 Å². The summed E-state index contributed by atoms with van der Waals surface area (Å²) < 4.78 is 5.78. The summed E-state index contributed by atoms with van der Waals surface area (Å²) >= 11 is 0. The molecule has 0 atom stereocenters. The zero-order valence-electron chi connectivity index (χ0n) is 20.7. The van der Waals surface area contributed by atoms with Gasteiger partial charge in [-0.3, -0.25) is 0 Å². The predicted octanol–water partition coefficient (Wildman–Crippen LogP) is 6.12. The Kier molecular flexibility index (Phi) is 38.1. The Balaban J connectivity index is -0.000000960. The molecule has 0 aromatic carbocycles. The molecule has 0 radical (unpaired) electrons. The fourth-order valence-electron chi connectivity index (χ4n) is 3.49. The van der Waals surface area contributed by atoms with Gasteiger partial charge < -0.3 is 12.3 Å². The van der Waals surface area contributed by atoms with Gasteiger partial charge in [0.1, 0.15) is 0 Å². The van der Waals surface area contributed by atoms with Crippen LogP contribution in [0.1, 0.15) is 144 Å². The van der Waals surface area contributed by atoms with E-state index in [9.17, 15) is 0 Å². The van der Waals surface area contributed by atoms with Gasteiger partial charge >= 0.3 is 29.6 Å². The van der Waals surface area contributed by atoms with Crippen LogP contribution in [0.2, 0.25) is 0 Å². The molecule has 27 heavy (non-hydrogen) atoms. The first-order chi connectivity index (χ1) is 12.4. The smallest absolute Gasteiger partial charge is 1.00 e. The predicted molar refractivity (Wildman–Crippen MR) is 121 cm³/mol. The number of ether oxygens (including phenoxy) is 1. The van der Waals surface area contributed by atoms with E-state index in [0.717, 1.165) is 13.2 Å². The average molecular weight is 396 g/mol. The van der Waals surface area contributed by atoms with Crippen LogP contribution in [-0.2, 0) is 4.74 Å². The Morgan fingerprint density at radius 2 is 0.630 bits per heavy atom. The SMILES string of the molecule is CCCCCCCCCCCCOCCCCCCCCCCCC.N.[H-].[Na+]. The Labute approximate surface area is 196 Å². The molecule has 0 heterocycles. The Hall–Kier alpha value is 0.920. The summed E-state index contributed by atoms with van der Waals surface area (Å²) in [6.07, 6.45) is 28.2. The van der Waals surface area contributed by atoms with Crippen LogP contribution in [0, 0.1) is 0 Å². The van der Waals surface area contributed by atoms with Crippen LogP contribution in [0.15, 0.2) is 0 Å². The summed E-state index contributed by atoms with van der Waals surface area (Å²) in [4.78, 5) is 0. The first kappa shape index (κ1) is 32.6. The zero-order chi connectivity index (χ0) is 18.3. The third-order valence-electron chi connectivity index (χ3n) is 5.28. The summed E-state index contributed by atoms with van der Waals surface area (Å²) in [7, 11) is 0. The van der Waals surface area contributed by atoms with Gasteiger partial charge in [-0.2, -0.15) is 0 Å². The molecule has 162 valence electrons. The van der Waals surface area contributed by atoms with E-state index in [4.69, 9.17) is 4.74 Å². The van der Waals surface area contributed by atoms with Crippen molar-refractivity contribution in [2.75, 3.05) is 13.2 Å². The molecule has 0 bridgehead atoms. The Morgan fingerprint density at radius 1 is 0.407 bits per heavy atom. The van der Waals surface area contributed by atoms with Gasteiger partial charge in [-0.1, -0.05) is 129 Å². The van der Waals surface area contributed by atoms with E-state index in [1.54, 1.807) is 0 Å². The van der Waals surface area contributed by atoms with E-state index in [-0.39, 0.29) is 37.1 Å². The zero-order valence-corrected chi connectivity index (χ0v) is 21.7. The van der Waals surface area contributed by atoms with Gasteiger partial charge in [0.05, 0.1) is 0 Å². The van der Waals surface area contributed by atoms with E-state index in [1.165, 1.54) is 128 Å². The third kappa shape index (κ3) is 31.8. The third-order valence-corrected chi connectivity index (χ3v) is 5.28. The molecule has 0 aromatic heterocycles. The van der Waals surface area contributed by atoms with Crippen LogP contribution < -0.4 is 35.7 Å². The van der Waals surface area contributed by atoms with Crippen LogP contribution >= 0.6 is 0 Å². The molecule has 0 saturated heterocycles. The molecule has 0 aliphatic carbocycles. The molecular weight excluding hydrogens is 341 g/mol. The minimum absolute atomic E-state index is 0. The van der Waals surface area contributed by atoms with Crippen molar-refractivity contribution in [1.82, 2.24) is 6.15 Å². The maximum absolute atomic E-state index is 5.78. The summed E-state index contributed by atoms with van der Waals surface area (Å²) in [5.74, 6) is 0. The van der Waals surface area contributed by atoms with Crippen LogP contribution in [0.5, 0.6) is 0 Å². The standard InChI is InChI=1S/C24H50O.H3N.Na.H/c1-3-5-7-9-11-13-15-17-19-21-23-25-24-22-20-18-16-14-12-10-8-6-4-2;;;/h3-24H2,1-2H3;1H3;;/q;;+1;-1. The molecule has 0 fully saturated rings. The Bertz CT molecular complexity index is 211. The van der Waals surface area contributed by atoms with Gasteiger partial charge in [-0.25, -0.2) is 0 Å². The van der Waals surface area contributed by atoms with Crippen LogP contribution in [0.3, 0.4) is 0 Å². The minimum atomic E-state index is 0. The van der Waals surface area contributed by atoms with Gasteiger partial charge in [-0.05, 0) is 12.8 Å². The molecule has 0 saturated carbocycles. The second kappa shape index (κ2) is 31.6. The van der Waals surface area contributed by atoms with Crippen molar-refractivity contribution >= 4 is 0 Å². The van der Waals surface area contributed by atoms with Crippen molar-refractivity contribution in [2.24, 2.45) is 0 Å². The van der Waals surface area contributed by atoms with E-state index in [2.05, 4.69) is 13.8 Å². The monoisotopic (exact) mass is 395 g/mol. The second-order valence-corrected chi connectivity index (χ2v) is 7.98. The van der Waals surface area contributed by atoms with E-state index < -0.39 is 0 Å². The van der Waals surface area contributed by atoms with Crippen molar-refractivity contribution in [3.8, 4) is 0 Å². The van der Waals surface area contributed by atoms with Crippen LogP contribution in [0.25, 0.3) is 0 Å². The number of rotatable bonds is 22. The fraction of sp³-hybridized carbons (Fsp3) is 1.00. The topological polar surface area (TPSA) is 44.2 Å². The molecule has 2 nitrogen and oxygen atoms in total. The van der Waals surface area contributed by atoms with Crippen LogP contribution in [0.4, 0.5) is 0 Å². The van der Waals surface area contributed by atoms with Crippen molar-refractivity contribution in [2.45, 2.75) is 142 Å². The normalized spacial score (nSPS) is 10.4. The van der Waals surface area contributed by atoms with Gasteiger partial charge in [-0.15, -0.1) is 0 Å². The van der Waals surface area contributed by atoms with Gasteiger partial charge in [0, 0.05) is 13.2 Å². The van der Waals surface area contributed by atoms with Gasteiger partial charge in [0.25, 0.3) is 0 Å². The second-order valence-electron chi connectivity index (χ2n) is 7.98. The number of unbranched alkanes of at least 4 members (excludes halogenated alkanes) is 18. The van der Waals surface area contributed by atoms with Crippen molar-refractivity contribution in [3.63, 3.8) is 0 Å². The number of hydrogen-bond acceptors (Lipinski definition) is 2. The molecule has 0 amide bonds. The summed E-state index contributed by atoms with van der Waals surface area (Å²) in [5.41, 5.74) is 0. The molecule has 3 N–H and O–H groups in total. The van der Waals surface area contributed by atoms with E-state index >= 15 is 0 Å². The quantitative estimate of drug-likeness (QED) is 0.177. The summed E-state index contributed by atoms with van der Waals surface area (Å²) in [6, 6.07) is 0. The van der Waals surface area contributed by atoms with Crippen LogP contribution in [-0.4, -0.2) is 13.2 Å². The minimum Gasteiger partial charge on any atom is -1.00 e. The molecule has 0 aliphatic rings. The van der Waals surface area contributed by atoms with E-state index in [1.807, 2.05) is 0 Å². The fourth-order valence-corrected chi connectivity index (χ4v) is 3.49. The molecule has 0 aromatic rings. The first-order valence-corrected chi connectivity index (χ1v) is 12.0. The maximum Gasteiger partial charge on any atom is 1.00 e. The molecule has 3 heteroatoms. The molecule has 0 spiro atoms.